The van der Waals surface area contributed by atoms with Gasteiger partial charge >= 0.3 is 0 Å². The zero-order valence-corrected chi connectivity index (χ0v) is 23.6. The maximum absolute atomic E-state index is 13.4. The first-order valence-electron chi connectivity index (χ1n) is 13.1. The van der Waals surface area contributed by atoms with Crippen molar-refractivity contribution in [2.75, 3.05) is 6.61 Å². The average Bonchev–Trinajstić information content (AvgIpc) is 3.65. The van der Waals surface area contributed by atoms with Crippen molar-refractivity contribution in [1.82, 2.24) is 24.4 Å². The number of benzene rings is 3. The Morgan fingerprint density at radius 1 is 1.02 bits per heavy atom. The Balaban J connectivity index is 1.43. The number of nitrogens with zero attached hydrogens (tertiary/aromatic N) is 5. The van der Waals surface area contributed by atoms with Gasteiger partial charge in [0.2, 0.25) is 4.96 Å². The van der Waals surface area contributed by atoms with Crippen molar-refractivity contribution >= 4 is 34.0 Å². The molecule has 0 unspecified atom stereocenters. The molecule has 3 aromatic carbocycles. The SMILES string of the molecule is CCCCOc1ccc(-c2nn(-c3ccccc3)cc2C=c2sc3nc(-c4ccc(Cl)cc4)nn3c2=O)c(C)c1. The fourth-order valence-corrected chi connectivity index (χ4v) is 5.46. The summed E-state index contributed by atoms with van der Waals surface area (Å²) in [6, 6.07) is 23.2. The molecular weight excluding hydrogens is 542 g/mol. The summed E-state index contributed by atoms with van der Waals surface area (Å²) in [5.41, 5.74) is 5.13. The summed E-state index contributed by atoms with van der Waals surface area (Å²) in [6.45, 7) is 4.89. The molecule has 0 N–H and O–H groups in total. The molecule has 9 heteroatoms. The number of para-hydroxylation sites is 1. The summed E-state index contributed by atoms with van der Waals surface area (Å²) in [6.07, 6.45) is 5.92. The largest absolute Gasteiger partial charge is 0.494 e. The quantitative estimate of drug-likeness (QED) is 0.200. The van der Waals surface area contributed by atoms with Crippen molar-refractivity contribution in [3.63, 3.8) is 0 Å². The van der Waals surface area contributed by atoms with E-state index in [4.69, 9.17) is 21.4 Å². The molecule has 0 fully saturated rings. The second kappa shape index (κ2) is 11.1. The minimum Gasteiger partial charge on any atom is -0.494 e. The molecule has 200 valence electrons. The van der Waals surface area contributed by atoms with Gasteiger partial charge in [0.05, 0.1) is 16.8 Å². The Bertz CT molecular complexity index is 1910. The smallest absolute Gasteiger partial charge is 0.291 e. The van der Waals surface area contributed by atoms with Crippen LogP contribution in [0.15, 0.2) is 83.8 Å². The highest BCUT2D eigenvalue weighted by Gasteiger charge is 2.16. The predicted molar refractivity (Wildman–Crippen MR) is 161 cm³/mol. The zero-order valence-electron chi connectivity index (χ0n) is 22.0. The van der Waals surface area contributed by atoms with E-state index in [0.717, 1.165) is 52.2 Å². The molecule has 6 aromatic rings. The normalized spacial score (nSPS) is 11.9. The van der Waals surface area contributed by atoms with Gasteiger partial charge in [0.25, 0.3) is 5.56 Å². The number of aromatic nitrogens is 5. The molecule has 0 bridgehead atoms. The number of halogens is 1. The third kappa shape index (κ3) is 5.15. The van der Waals surface area contributed by atoms with Gasteiger partial charge in [-0.25, -0.2) is 4.68 Å². The summed E-state index contributed by atoms with van der Waals surface area (Å²) < 4.78 is 9.64. The number of rotatable bonds is 8. The highest BCUT2D eigenvalue weighted by molar-refractivity contribution is 7.15. The first kappa shape index (κ1) is 26.0. The molecule has 0 radical (unpaired) electrons. The lowest BCUT2D eigenvalue weighted by molar-refractivity contribution is 0.309. The van der Waals surface area contributed by atoms with Crippen LogP contribution in [0.1, 0.15) is 30.9 Å². The average molecular weight is 568 g/mol. The molecule has 0 saturated carbocycles. The standard InChI is InChI=1S/C31H26ClN5O2S/c1-3-4-16-39-25-14-15-26(20(2)17-25)28-22(19-36(34-28)24-8-6-5-7-9-24)18-27-30(38)37-31(40-27)33-29(35-37)21-10-12-23(32)13-11-21/h5-15,17-19H,3-4,16H2,1-2H3. The lowest BCUT2D eigenvalue weighted by Crippen LogP contribution is -2.23. The Morgan fingerprint density at radius 3 is 2.55 bits per heavy atom. The first-order chi connectivity index (χ1) is 19.5. The molecule has 0 amide bonds. The fraction of sp³-hybridized carbons (Fsp3) is 0.161. The van der Waals surface area contributed by atoms with Crippen LogP contribution in [0.25, 0.3) is 39.4 Å². The fourth-order valence-electron chi connectivity index (χ4n) is 4.44. The maximum atomic E-state index is 13.4. The van der Waals surface area contributed by atoms with E-state index in [1.54, 1.807) is 12.1 Å². The highest BCUT2D eigenvalue weighted by atomic mass is 35.5. The molecule has 0 atom stereocenters. The van der Waals surface area contributed by atoms with Crippen LogP contribution in [-0.4, -0.2) is 31.0 Å². The molecule has 0 aliphatic rings. The van der Waals surface area contributed by atoms with E-state index in [-0.39, 0.29) is 5.56 Å². The van der Waals surface area contributed by atoms with Crippen molar-refractivity contribution in [2.45, 2.75) is 26.7 Å². The number of hydrogen-bond donors (Lipinski definition) is 0. The van der Waals surface area contributed by atoms with Crippen LogP contribution in [0.2, 0.25) is 5.02 Å². The first-order valence-corrected chi connectivity index (χ1v) is 14.3. The van der Waals surface area contributed by atoms with E-state index in [2.05, 4.69) is 17.0 Å². The Hall–Kier alpha value is -4.27. The molecule has 40 heavy (non-hydrogen) atoms. The van der Waals surface area contributed by atoms with Crippen LogP contribution in [0.5, 0.6) is 5.75 Å². The number of ether oxygens (including phenoxy) is 1. The van der Waals surface area contributed by atoms with Crippen LogP contribution in [0.4, 0.5) is 0 Å². The van der Waals surface area contributed by atoms with E-state index in [1.807, 2.05) is 84.5 Å². The Kier molecular flexibility index (Phi) is 7.19. The second-order valence-corrected chi connectivity index (χ2v) is 10.9. The summed E-state index contributed by atoms with van der Waals surface area (Å²) in [5.74, 6) is 1.33. The number of aryl methyl sites for hydroxylation is 1. The molecule has 3 heterocycles. The molecule has 0 aliphatic heterocycles. The van der Waals surface area contributed by atoms with E-state index in [0.29, 0.717) is 26.9 Å². The summed E-state index contributed by atoms with van der Waals surface area (Å²) in [4.78, 5) is 18.5. The number of thiazole rings is 1. The number of fused-ring (bicyclic) bond motifs is 1. The maximum Gasteiger partial charge on any atom is 0.291 e. The van der Waals surface area contributed by atoms with Crippen LogP contribution in [0, 0.1) is 6.92 Å². The van der Waals surface area contributed by atoms with E-state index < -0.39 is 0 Å². The predicted octanol–water partition coefficient (Wildman–Crippen LogP) is 6.36. The minimum atomic E-state index is -0.220. The third-order valence-electron chi connectivity index (χ3n) is 6.55. The highest BCUT2D eigenvalue weighted by Crippen LogP contribution is 2.30. The van der Waals surface area contributed by atoms with Crippen molar-refractivity contribution in [3.8, 4) is 34.1 Å². The van der Waals surface area contributed by atoms with Gasteiger partial charge in [0, 0.05) is 27.9 Å². The van der Waals surface area contributed by atoms with Gasteiger partial charge in [-0.15, -0.1) is 5.10 Å². The van der Waals surface area contributed by atoms with Crippen molar-refractivity contribution < 1.29 is 4.74 Å². The molecule has 0 spiro atoms. The molecular formula is C31H26ClN5O2S. The van der Waals surface area contributed by atoms with Crippen LogP contribution < -0.4 is 14.8 Å². The monoisotopic (exact) mass is 567 g/mol. The summed E-state index contributed by atoms with van der Waals surface area (Å²) >= 11 is 7.31. The van der Waals surface area contributed by atoms with Crippen molar-refractivity contribution in [3.05, 3.63) is 110 Å². The minimum absolute atomic E-state index is 0.220. The van der Waals surface area contributed by atoms with Crippen LogP contribution >= 0.6 is 22.9 Å². The lowest BCUT2D eigenvalue weighted by atomic mass is 10.0. The van der Waals surface area contributed by atoms with Gasteiger partial charge in [-0.3, -0.25) is 4.79 Å². The van der Waals surface area contributed by atoms with Gasteiger partial charge in [-0.2, -0.15) is 14.6 Å². The van der Waals surface area contributed by atoms with Crippen LogP contribution in [0.3, 0.4) is 0 Å². The molecule has 3 aromatic heterocycles. The van der Waals surface area contributed by atoms with E-state index in [9.17, 15) is 4.79 Å². The lowest BCUT2D eigenvalue weighted by Gasteiger charge is -2.09. The number of unbranched alkanes of at least 4 members (excludes halogenated alkanes) is 1. The van der Waals surface area contributed by atoms with Gasteiger partial charge < -0.3 is 4.74 Å². The molecule has 0 saturated heterocycles. The topological polar surface area (TPSA) is 74.3 Å². The Labute approximate surface area is 240 Å². The third-order valence-corrected chi connectivity index (χ3v) is 7.76. The molecule has 6 rings (SSSR count). The van der Waals surface area contributed by atoms with Gasteiger partial charge in [0.1, 0.15) is 11.4 Å². The van der Waals surface area contributed by atoms with E-state index >= 15 is 0 Å². The van der Waals surface area contributed by atoms with Crippen molar-refractivity contribution in [2.24, 2.45) is 0 Å². The molecule has 7 nitrogen and oxygen atoms in total. The summed E-state index contributed by atoms with van der Waals surface area (Å²) in [5, 5.41) is 10.0. The van der Waals surface area contributed by atoms with Gasteiger partial charge in [0.15, 0.2) is 5.82 Å². The van der Waals surface area contributed by atoms with Gasteiger partial charge in [-0.05, 0) is 79.6 Å². The van der Waals surface area contributed by atoms with E-state index in [1.165, 1.54) is 15.9 Å². The van der Waals surface area contributed by atoms with Crippen molar-refractivity contribution in [1.29, 1.82) is 0 Å². The van der Waals surface area contributed by atoms with Gasteiger partial charge in [-0.1, -0.05) is 54.5 Å². The zero-order chi connectivity index (χ0) is 27.6. The molecule has 0 aliphatic carbocycles. The second-order valence-electron chi connectivity index (χ2n) is 9.44. The van der Waals surface area contributed by atoms with Crippen LogP contribution in [-0.2, 0) is 0 Å². The Morgan fingerprint density at radius 2 is 1.82 bits per heavy atom. The number of hydrogen-bond acceptors (Lipinski definition) is 6. The summed E-state index contributed by atoms with van der Waals surface area (Å²) in [7, 11) is 0.